The maximum atomic E-state index is 11.3. The molecule has 0 radical (unpaired) electrons. The average Bonchev–Trinajstić information content (AvgIpc) is 2.71. The van der Waals surface area contributed by atoms with Gasteiger partial charge in [-0.25, -0.2) is 0 Å². The minimum absolute atomic E-state index is 0.563. The Morgan fingerprint density at radius 2 is 2.12 bits per heavy atom. The largest absolute Gasteiger partial charge is 0.480 e. The first-order valence-electron chi connectivity index (χ1n) is 5.26. The molecule has 1 aliphatic rings. The first-order chi connectivity index (χ1) is 7.68. The predicted molar refractivity (Wildman–Crippen MR) is 63.1 cm³/mol. The lowest BCUT2D eigenvalue weighted by atomic mass is 10.1. The van der Waals surface area contributed by atoms with Crippen LogP contribution in [0.1, 0.15) is 24.4 Å². The molecule has 1 aromatic heterocycles. The van der Waals surface area contributed by atoms with Crippen molar-refractivity contribution in [3.05, 3.63) is 28.5 Å². The molecule has 2 heterocycles. The van der Waals surface area contributed by atoms with E-state index in [4.69, 9.17) is 0 Å². The molecule has 0 saturated carbocycles. The lowest BCUT2D eigenvalue weighted by Crippen LogP contribution is -2.31. The summed E-state index contributed by atoms with van der Waals surface area (Å²) in [6.45, 7) is 1.70. The molecular formula is C11H13BrN2O2. The van der Waals surface area contributed by atoms with Gasteiger partial charge in [-0.3, -0.25) is 14.7 Å². The van der Waals surface area contributed by atoms with Crippen molar-refractivity contribution in [3.8, 4) is 0 Å². The normalized spacial score (nSPS) is 18.6. The third kappa shape index (κ3) is 2.41. The number of carbonyl (C=O) groups is 1. The molecule has 1 atom stereocenters. The standard InChI is InChI=1S/C11H13BrN2O2/c12-9-5-8(6-13-7-9)10(11(15)16)14-3-1-2-4-14/h5-7,10H,1-4H2,(H,15,16). The van der Waals surface area contributed by atoms with Gasteiger partial charge in [0.2, 0.25) is 0 Å². The predicted octanol–water partition coefficient (Wildman–Crippen LogP) is 2.07. The Balaban J connectivity index is 2.28. The fourth-order valence-corrected chi connectivity index (χ4v) is 2.47. The number of nitrogens with zero attached hydrogens (tertiary/aromatic N) is 2. The molecule has 1 aliphatic heterocycles. The smallest absolute Gasteiger partial charge is 0.325 e. The van der Waals surface area contributed by atoms with Crippen LogP contribution in [0.15, 0.2) is 22.9 Å². The molecule has 2 rings (SSSR count). The van der Waals surface area contributed by atoms with Crippen molar-refractivity contribution in [2.75, 3.05) is 13.1 Å². The number of rotatable bonds is 3. The van der Waals surface area contributed by atoms with E-state index in [1.165, 1.54) is 0 Å². The molecule has 0 spiro atoms. The van der Waals surface area contributed by atoms with Crippen LogP contribution >= 0.6 is 15.9 Å². The van der Waals surface area contributed by atoms with Crippen LogP contribution in [-0.2, 0) is 4.79 Å². The highest BCUT2D eigenvalue weighted by molar-refractivity contribution is 9.10. The van der Waals surface area contributed by atoms with E-state index < -0.39 is 12.0 Å². The molecule has 0 aromatic carbocycles. The molecule has 1 N–H and O–H groups in total. The maximum Gasteiger partial charge on any atom is 0.325 e. The molecular weight excluding hydrogens is 272 g/mol. The number of pyridine rings is 1. The van der Waals surface area contributed by atoms with Gasteiger partial charge in [-0.1, -0.05) is 0 Å². The second kappa shape index (κ2) is 4.93. The Labute approximate surface area is 102 Å². The molecule has 1 fully saturated rings. The molecule has 1 unspecified atom stereocenters. The SMILES string of the molecule is O=C(O)C(c1cncc(Br)c1)N1CCCC1. The summed E-state index contributed by atoms with van der Waals surface area (Å²) in [5, 5.41) is 9.29. The lowest BCUT2D eigenvalue weighted by molar-refractivity contribution is -0.143. The fourth-order valence-electron chi connectivity index (χ4n) is 2.09. The van der Waals surface area contributed by atoms with Crippen LogP contribution in [0.4, 0.5) is 0 Å². The van der Waals surface area contributed by atoms with Crippen LogP contribution in [-0.4, -0.2) is 34.0 Å². The summed E-state index contributed by atoms with van der Waals surface area (Å²) >= 11 is 3.31. The van der Waals surface area contributed by atoms with Crippen molar-refractivity contribution < 1.29 is 9.90 Å². The van der Waals surface area contributed by atoms with Gasteiger partial charge < -0.3 is 5.11 Å². The van der Waals surface area contributed by atoms with Gasteiger partial charge >= 0.3 is 5.97 Å². The fraction of sp³-hybridized carbons (Fsp3) is 0.455. The van der Waals surface area contributed by atoms with Crippen molar-refractivity contribution in [1.29, 1.82) is 0 Å². The van der Waals surface area contributed by atoms with E-state index in [0.717, 1.165) is 36.0 Å². The molecule has 1 saturated heterocycles. The molecule has 1 aromatic rings. The molecule has 4 nitrogen and oxygen atoms in total. The van der Waals surface area contributed by atoms with E-state index >= 15 is 0 Å². The number of carboxylic acids is 1. The van der Waals surface area contributed by atoms with Crippen LogP contribution in [0.25, 0.3) is 0 Å². The van der Waals surface area contributed by atoms with Crippen LogP contribution in [0, 0.1) is 0 Å². The van der Waals surface area contributed by atoms with Crippen LogP contribution < -0.4 is 0 Å². The number of carboxylic acid groups (broad SMARTS) is 1. The highest BCUT2D eigenvalue weighted by Gasteiger charge is 2.29. The summed E-state index contributed by atoms with van der Waals surface area (Å²) in [5.41, 5.74) is 0.740. The van der Waals surface area contributed by atoms with E-state index in [9.17, 15) is 9.90 Å². The molecule has 5 heteroatoms. The minimum Gasteiger partial charge on any atom is -0.480 e. The Bertz CT molecular complexity index is 391. The van der Waals surface area contributed by atoms with E-state index in [2.05, 4.69) is 20.9 Å². The molecule has 0 aliphatic carbocycles. The van der Waals surface area contributed by atoms with E-state index in [-0.39, 0.29) is 0 Å². The monoisotopic (exact) mass is 284 g/mol. The van der Waals surface area contributed by atoms with E-state index in [0.29, 0.717) is 0 Å². The van der Waals surface area contributed by atoms with Gasteiger partial charge in [0.05, 0.1) is 0 Å². The summed E-state index contributed by atoms with van der Waals surface area (Å²) < 4.78 is 0.815. The third-order valence-electron chi connectivity index (χ3n) is 2.78. The summed E-state index contributed by atoms with van der Waals surface area (Å²) in [4.78, 5) is 17.3. The topological polar surface area (TPSA) is 53.4 Å². The Morgan fingerprint density at radius 1 is 1.44 bits per heavy atom. The summed E-state index contributed by atoms with van der Waals surface area (Å²) in [5.74, 6) is -0.804. The van der Waals surface area contributed by atoms with E-state index in [1.54, 1.807) is 12.4 Å². The molecule has 86 valence electrons. The van der Waals surface area contributed by atoms with Gasteiger partial charge in [-0.05, 0) is 53.5 Å². The van der Waals surface area contributed by atoms with Gasteiger partial charge in [-0.2, -0.15) is 0 Å². The van der Waals surface area contributed by atoms with Gasteiger partial charge in [0, 0.05) is 16.9 Å². The average molecular weight is 285 g/mol. The number of aromatic nitrogens is 1. The minimum atomic E-state index is -0.804. The highest BCUT2D eigenvalue weighted by Crippen LogP contribution is 2.26. The van der Waals surface area contributed by atoms with Crippen molar-refractivity contribution in [2.24, 2.45) is 0 Å². The highest BCUT2D eigenvalue weighted by atomic mass is 79.9. The zero-order valence-electron chi connectivity index (χ0n) is 8.77. The Hall–Kier alpha value is -0.940. The second-order valence-electron chi connectivity index (χ2n) is 3.92. The first-order valence-corrected chi connectivity index (χ1v) is 6.05. The lowest BCUT2D eigenvalue weighted by Gasteiger charge is -2.23. The van der Waals surface area contributed by atoms with Gasteiger partial charge in [-0.15, -0.1) is 0 Å². The Morgan fingerprint density at radius 3 is 2.69 bits per heavy atom. The molecule has 0 bridgehead atoms. The number of likely N-dealkylation sites (tertiary alicyclic amines) is 1. The van der Waals surface area contributed by atoms with Crippen molar-refractivity contribution >= 4 is 21.9 Å². The van der Waals surface area contributed by atoms with Gasteiger partial charge in [0.1, 0.15) is 6.04 Å². The van der Waals surface area contributed by atoms with Gasteiger partial charge in [0.15, 0.2) is 0 Å². The van der Waals surface area contributed by atoms with Crippen LogP contribution in [0.5, 0.6) is 0 Å². The van der Waals surface area contributed by atoms with Crippen LogP contribution in [0.2, 0.25) is 0 Å². The van der Waals surface area contributed by atoms with Gasteiger partial charge in [0.25, 0.3) is 0 Å². The number of halogens is 1. The number of hydrogen-bond donors (Lipinski definition) is 1. The zero-order valence-corrected chi connectivity index (χ0v) is 10.4. The maximum absolute atomic E-state index is 11.3. The quantitative estimate of drug-likeness (QED) is 0.923. The third-order valence-corrected chi connectivity index (χ3v) is 3.22. The Kier molecular flexibility index (Phi) is 3.56. The van der Waals surface area contributed by atoms with Crippen LogP contribution in [0.3, 0.4) is 0 Å². The van der Waals surface area contributed by atoms with Crippen molar-refractivity contribution in [1.82, 2.24) is 9.88 Å². The summed E-state index contributed by atoms with van der Waals surface area (Å²) in [6, 6.07) is 1.26. The zero-order chi connectivity index (χ0) is 11.5. The second-order valence-corrected chi connectivity index (χ2v) is 4.84. The number of aliphatic carboxylic acids is 1. The summed E-state index contributed by atoms with van der Waals surface area (Å²) in [7, 11) is 0. The number of hydrogen-bond acceptors (Lipinski definition) is 3. The molecule has 0 amide bonds. The van der Waals surface area contributed by atoms with Crippen molar-refractivity contribution in [2.45, 2.75) is 18.9 Å². The van der Waals surface area contributed by atoms with E-state index in [1.807, 2.05) is 11.0 Å². The molecule has 16 heavy (non-hydrogen) atoms. The van der Waals surface area contributed by atoms with Crippen molar-refractivity contribution in [3.63, 3.8) is 0 Å². The first kappa shape index (κ1) is 11.5. The summed E-state index contributed by atoms with van der Waals surface area (Å²) in [6.07, 6.45) is 5.44.